The molecule has 0 amide bonds. The van der Waals surface area contributed by atoms with E-state index >= 15 is 0 Å². The minimum atomic E-state index is -3.78. The van der Waals surface area contributed by atoms with Gasteiger partial charge in [-0.15, -0.1) is 11.3 Å². The molecule has 9 nitrogen and oxygen atoms in total. The van der Waals surface area contributed by atoms with Crippen molar-refractivity contribution in [3.63, 3.8) is 0 Å². The van der Waals surface area contributed by atoms with E-state index in [9.17, 15) is 18.0 Å². The van der Waals surface area contributed by atoms with Crippen LogP contribution < -0.4 is 10.3 Å². The molecule has 0 saturated carbocycles. The number of hydrogen-bond acceptors (Lipinski definition) is 8. The predicted octanol–water partition coefficient (Wildman–Crippen LogP) is 3.59. The van der Waals surface area contributed by atoms with Crippen LogP contribution in [-0.4, -0.2) is 24.4 Å². The minimum absolute atomic E-state index is 0.00135. The molecule has 0 spiro atoms. The number of aryl methyl sites for hydroxylation is 2. The van der Waals surface area contributed by atoms with Gasteiger partial charge in [-0.05, 0) is 62.7 Å². The van der Waals surface area contributed by atoms with Crippen molar-refractivity contribution < 1.29 is 22.4 Å². The highest BCUT2D eigenvalue weighted by Gasteiger charge is 2.20. The number of benzene rings is 1. The lowest BCUT2D eigenvalue weighted by Crippen LogP contribution is -2.23. The van der Waals surface area contributed by atoms with Crippen molar-refractivity contribution in [1.82, 2.24) is 14.7 Å². The summed E-state index contributed by atoms with van der Waals surface area (Å²) in [6.45, 7) is 5.40. The van der Waals surface area contributed by atoms with Crippen LogP contribution in [0.5, 0.6) is 0 Å². The monoisotopic (exact) mass is 487 g/mol. The van der Waals surface area contributed by atoms with Gasteiger partial charge in [-0.2, -0.15) is 0 Å². The number of thiophene rings is 1. The summed E-state index contributed by atoms with van der Waals surface area (Å²) in [6.07, 6.45) is 0.646. The Kier molecular flexibility index (Phi) is 6.19. The second kappa shape index (κ2) is 8.93. The molecule has 1 aromatic carbocycles. The van der Waals surface area contributed by atoms with Crippen LogP contribution in [-0.2, 0) is 21.3 Å². The van der Waals surface area contributed by atoms with E-state index < -0.39 is 22.1 Å². The SMILES string of the molecule is Cc1sc2nc(C(C)OC(=O)c3ccc(S(=O)(=O)NCc4ccco4)cc3)[nH]c(=O)c2c1C. The number of nitrogens with one attached hydrogen (secondary N) is 2. The average Bonchev–Trinajstić information content (AvgIpc) is 3.40. The highest BCUT2D eigenvalue weighted by atomic mass is 32.2. The van der Waals surface area contributed by atoms with E-state index in [1.807, 2.05) is 13.8 Å². The van der Waals surface area contributed by atoms with Crippen LogP contribution in [0.3, 0.4) is 0 Å². The quantitative estimate of drug-likeness (QED) is 0.381. The molecule has 0 bridgehead atoms. The van der Waals surface area contributed by atoms with Crippen molar-refractivity contribution in [2.45, 2.75) is 38.3 Å². The first-order valence-electron chi connectivity index (χ1n) is 9.98. The number of nitrogens with zero attached hydrogens (tertiary/aromatic N) is 1. The number of sulfonamides is 1. The van der Waals surface area contributed by atoms with Crippen molar-refractivity contribution in [3.8, 4) is 0 Å². The number of ether oxygens (including phenoxy) is 1. The molecule has 1 atom stereocenters. The van der Waals surface area contributed by atoms with E-state index in [1.54, 1.807) is 19.1 Å². The number of aromatic nitrogens is 2. The normalized spacial score (nSPS) is 12.7. The first-order valence-corrected chi connectivity index (χ1v) is 12.3. The van der Waals surface area contributed by atoms with Crippen LogP contribution in [0.1, 0.15) is 45.4 Å². The molecular formula is C22H21N3O6S2. The smallest absolute Gasteiger partial charge is 0.338 e. The van der Waals surface area contributed by atoms with Gasteiger partial charge < -0.3 is 14.1 Å². The summed E-state index contributed by atoms with van der Waals surface area (Å²) >= 11 is 1.41. The topological polar surface area (TPSA) is 131 Å². The van der Waals surface area contributed by atoms with Crippen molar-refractivity contribution in [1.29, 1.82) is 0 Å². The van der Waals surface area contributed by atoms with E-state index in [-0.39, 0.29) is 28.4 Å². The number of hydrogen-bond donors (Lipinski definition) is 2. The zero-order valence-corrected chi connectivity index (χ0v) is 19.7. The number of fused-ring (bicyclic) bond motifs is 1. The van der Waals surface area contributed by atoms with Gasteiger partial charge in [0.25, 0.3) is 5.56 Å². The zero-order chi connectivity index (χ0) is 23.8. The number of carbonyl (C=O) groups excluding carboxylic acids is 1. The molecular weight excluding hydrogens is 466 g/mol. The van der Waals surface area contributed by atoms with Crippen molar-refractivity contribution in [2.75, 3.05) is 0 Å². The van der Waals surface area contributed by atoms with Gasteiger partial charge in [0.2, 0.25) is 10.0 Å². The lowest BCUT2D eigenvalue weighted by atomic mass is 10.2. The number of furan rings is 1. The summed E-state index contributed by atoms with van der Waals surface area (Å²) in [7, 11) is -3.78. The van der Waals surface area contributed by atoms with Gasteiger partial charge in [-0.1, -0.05) is 0 Å². The van der Waals surface area contributed by atoms with Gasteiger partial charge in [0.15, 0.2) is 11.9 Å². The Balaban J connectivity index is 1.46. The second-order valence-electron chi connectivity index (χ2n) is 7.39. The molecule has 1 unspecified atom stereocenters. The molecule has 3 aromatic heterocycles. The average molecular weight is 488 g/mol. The lowest BCUT2D eigenvalue weighted by Gasteiger charge is -2.13. The summed E-state index contributed by atoms with van der Waals surface area (Å²) < 4.78 is 37.8. The van der Waals surface area contributed by atoms with Crippen LogP contribution in [0, 0.1) is 13.8 Å². The standard InChI is InChI=1S/C22H21N3O6S2/c1-12-14(3)32-21-18(12)20(26)24-19(25-21)13(2)31-22(27)15-6-8-17(9-7-15)33(28,29)23-11-16-5-4-10-30-16/h4-10,13,23H,11H2,1-3H3,(H,24,25,26). The molecule has 0 fully saturated rings. The molecule has 0 radical (unpaired) electrons. The van der Waals surface area contributed by atoms with Crippen LogP contribution in [0.2, 0.25) is 0 Å². The maximum absolute atomic E-state index is 12.6. The Labute approximate surface area is 193 Å². The maximum atomic E-state index is 12.6. The van der Waals surface area contributed by atoms with Gasteiger partial charge in [0, 0.05) is 4.88 Å². The summed E-state index contributed by atoms with van der Waals surface area (Å²) in [4.78, 5) is 33.7. The molecule has 4 rings (SSSR count). The van der Waals surface area contributed by atoms with Crippen LogP contribution in [0.4, 0.5) is 0 Å². The zero-order valence-electron chi connectivity index (χ0n) is 18.0. The van der Waals surface area contributed by atoms with Gasteiger partial charge in [-0.3, -0.25) is 4.79 Å². The summed E-state index contributed by atoms with van der Waals surface area (Å²) in [5.74, 6) is 0.0465. The number of H-pyrrole nitrogens is 1. The number of rotatable bonds is 7. The molecule has 0 aliphatic carbocycles. The number of esters is 1. The highest BCUT2D eigenvalue weighted by Crippen LogP contribution is 2.27. The summed E-state index contributed by atoms with van der Waals surface area (Å²) in [5, 5.41) is 0.539. The van der Waals surface area contributed by atoms with E-state index in [4.69, 9.17) is 9.15 Å². The third-order valence-corrected chi connectivity index (χ3v) is 7.66. The van der Waals surface area contributed by atoms with Crippen molar-refractivity contribution in [3.05, 3.63) is 80.6 Å². The Morgan fingerprint density at radius 2 is 1.97 bits per heavy atom. The Hall–Kier alpha value is -3.28. The minimum Gasteiger partial charge on any atom is -0.468 e. The molecule has 0 saturated heterocycles. The third kappa shape index (κ3) is 4.75. The first-order chi connectivity index (χ1) is 15.7. The fourth-order valence-corrected chi connectivity index (χ4v) is 5.21. The highest BCUT2D eigenvalue weighted by molar-refractivity contribution is 7.89. The fraction of sp³-hybridized carbons (Fsp3) is 0.227. The van der Waals surface area contributed by atoms with E-state index in [0.29, 0.717) is 16.0 Å². The molecule has 33 heavy (non-hydrogen) atoms. The largest absolute Gasteiger partial charge is 0.468 e. The maximum Gasteiger partial charge on any atom is 0.338 e. The number of carbonyl (C=O) groups is 1. The molecule has 0 aliphatic heterocycles. The van der Waals surface area contributed by atoms with Gasteiger partial charge in [0.05, 0.1) is 28.7 Å². The van der Waals surface area contributed by atoms with E-state index in [0.717, 1.165) is 10.4 Å². The van der Waals surface area contributed by atoms with E-state index in [2.05, 4.69) is 14.7 Å². The summed E-state index contributed by atoms with van der Waals surface area (Å²) in [6, 6.07) is 8.67. The van der Waals surface area contributed by atoms with E-state index in [1.165, 1.54) is 41.9 Å². The molecule has 2 N–H and O–H groups in total. The summed E-state index contributed by atoms with van der Waals surface area (Å²) in [5.41, 5.74) is 0.767. The van der Waals surface area contributed by atoms with Crippen molar-refractivity contribution >= 4 is 37.5 Å². The van der Waals surface area contributed by atoms with Crippen LogP contribution in [0.25, 0.3) is 10.2 Å². The van der Waals surface area contributed by atoms with Gasteiger partial charge in [0.1, 0.15) is 10.6 Å². The second-order valence-corrected chi connectivity index (χ2v) is 10.4. The van der Waals surface area contributed by atoms with Crippen molar-refractivity contribution in [2.24, 2.45) is 0 Å². The third-order valence-electron chi connectivity index (χ3n) is 5.14. The molecule has 3 heterocycles. The van der Waals surface area contributed by atoms with Crippen LogP contribution in [0.15, 0.2) is 56.8 Å². The van der Waals surface area contributed by atoms with Gasteiger partial charge in [-0.25, -0.2) is 22.9 Å². The Morgan fingerprint density at radius 1 is 1.24 bits per heavy atom. The predicted molar refractivity (Wildman–Crippen MR) is 123 cm³/mol. The molecule has 0 aliphatic rings. The Morgan fingerprint density at radius 3 is 2.64 bits per heavy atom. The molecule has 4 aromatic rings. The lowest BCUT2D eigenvalue weighted by molar-refractivity contribution is 0.0320. The number of aromatic amines is 1. The van der Waals surface area contributed by atoms with Crippen LogP contribution >= 0.6 is 11.3 Å². The fourth-order valence-electron chi connectivity index (χ4n) is 3.18. The molecule has 11 heteroatoms. The first kappa shape index (κ1) is 22.9. The Bertz CT molecular complexity index is 1470. The molecule has 172 valence electrons. The van der Waals surface area contributed by atoms with Gasteiger partial charge >= 0.3 is 5.97 Å².